The van der Waals surface area contributed by atoms with Crippen molar-refractivity contribution in [2.75, 3.05) is 6.61 Å². The first kappa shape index (κ1) is 21.5. The molecular weight excluding hydrogens is 360 g/mol. The molecule has 0 atom stereocenters. The van der Waals surface area contributed by atoms with Crippen molar-refractivity contribution in [3.8, 4) is 22.9 Å². The highest BCUT2D eigenvalue weighted by Crippen LogP contribution is 2.34. The monoisotopic (exact) mass is 390 g/mol. The van der Waals surface area contributed by atoms with E-state index in [9.17, 15) is 0 Å². The van der Waals surface area contributed by atoms with Crippen LogP contribution in [0.2, 0.25) is 5.02 Å². The fourth-order valence-electron chi connectivity index (χ4n) is 2.88. The predicted octanol–water partition coefficient (Wildman–Crippen LogP) is 6.28. The van der Waals surface area contributed by atoms with Crippen molar-refractivity contribution in [3.63, 3.8) is 0 Å². The standard InChI is InChI=1S/C22H31ClN2O2/c1-6-13-26-16-11-12-17(18(23)14-16)21-19(9-4)25-22(20(10-5)24-21)27-15(7-2)8-3/h11-12,14-15H,6-10,13H2,1-5H3. The minimum atomic E-state index is 0.166. The predicted molar refractivity (Wildman–Crippen MR) is 112 cm³/mol. The molecule has 2 aromatic rings. The first-order valence-electron chi connectivity index (χ1n) is 10.1. The summed E-state index contributed by atoms with van der Waals surface area (Å²) in [5, 5.41) is 0.628. The Bertz CT molecular complexity index is 745. The van der Waals surface area contributed by atoms with E-state index in [1.807, 2.05) is 18.2 Å². The van der Waals surface area contributed by atoms with Crippen LogP contribution in [0.1, 0.15) is 65.3 Å². The molecule has 2 rings (SSSR count). The Morgan fingerprint density at radius 1 is 0.963 bits per heavy atom. The van der Waals surface area contributed by atoms with E-state index < -0.39 is 0 Å². The number of aromatic nitrogens is 2. The van der Waals surface area contributed by atoms with Crippen LogP contribution in [0, 0.1) is 0 Å². The van der Waals surface area contributed by atoms with Crippen LogP contribution in [-0.2, 0) is 12.8 Å². The Balaban J connectivity index is 2.44. The van der Waals surface area contributed by atoms with Gasteiger partial charge in [0.2, 0.25) is 5.88 Å². The zero-order chi connectivity index (χ0) is 19.8. The molecule has 5 heteroatoms. The van der Waals surface area contributed by atoms with Gasteiger partial charge < -0.3 is 9.47 Å². The molecule has 1 aromatic heterocycles. The summed E-state index contributed by atoms with van der Waals surface area (Å²) in [7, 11) is 0. The highest BCUT2D eigenvalue weighted by atomic mass is 35.5. The van der Waals surface area contributed by atoms with Crippen molar-refractivity contribution in [1.29, 1.82) is 0 Å². The summed E-state index contributed by atoms with van der Waals surface area (Å²) < 4.78 is 11.8. The third-order valence-electron chi connectivity index (χ3n) is 4.53. The smallest absolute Gasteiger partial charge is 0.236 e. The molecule has 0 radical (unpaired) electrons. The van der Waals surface area contributed by atoms with E-state index in [4.69, 9.17) is 31.0 Å². The lowest BCUT2D eigenvalue weighted by molar-refractivity contribution is 0.181. The normalized spacial score (nSPS) is 11.1. The van der Waals surface area contributed by atoms with Crippen molar-refractivity contribution in [1.82, 2.24) is 9.97 Å². The largest absolute Gasteiger partial charge is 0.494 e. The van der Waals surface area contributed by atoms with Crippen LogP contribution in [0.5, 0.6) is 11.6 Å². The Kier molecular flexibility index (Phi) is 8.36. The van der Waals surface area contributed by atoms with Crippen LogP contribution in [-0.4, -0.2) is 22.7 Å². The third-order valence-corrected chi connectivity index (χ3v) is 4.84. The van der Waals surface area contributed by atoms with Gasteiger partial charge in [-0.15, -0.1) is 0 Å². The van der Waals surface area contributed by atoms with Gasteiger partial charge in [0.1, 0.15) is 11.4 Å². The van der Waals surface area contributed by atoms with Gasteiger partial charge in [-0.25, -0.2) is 9.97 Å². The van der Waals surface area contributed by atoms with E-state index >= 15 is 0 Å². The maximum Gasteiger partial charge on any atom is 0.236 e. The molecule has 0 saturated carbocycles. The van der Waals surface area contributed by atoms with Crippen molar-refractivity contribution >= 4 is 11.6 Å². The fourth-order valence-corrected chi connectivity index (χ4v) is 3.15. The van der Waals surface area contributed by atoms with Gasteiger partial charge in [-0.05, 0) is 50.3 Å². The van der Waals surface area contributed by atoms with Gasteiger partial charge in [-0.1, -0.05) is 46.2 Å². The number of ether oxygens (including phenoxy) is 2. The molecule has 0 N–H and O–H groups in total. The van der Waals surface area contributed by atoms with Crippen molar-refractivity contribution in [2.45, 2.75) is 72.8 Å². The molecule has 0 aliphatic heterocycles. The van der Waals surface area contributed by atoms with Crippen molar-refractivity contribution in [2.24, 2.45) is 0 Å². The molecule has 0 unspecified atom stereocenters. The quantitative estimate of drug-likeness (QED) is 0.479. The zero-order valence-electron chi connectivity index (χ0n) is 17.1. The zero-order valence-corrected chi connectivity index (χ0v) is 17.9. The van der Waals surface area contributed by atoms with Crippen LogP contribution >= 0.6 is 11.6 Å². The Hall–Kier alpha value is -1.81. The number of hydrogen-bond donors (Lipinski definition) is 0. The summed E-state index contributed by atoms with van der Waals surface area (Å²) in [5.41, 5.74) is 3.49. The molecule has 0 aliphatic rings. The van der Waals surface area contributed by atoms with Crippen LogP contribution in [0.4, 0.5) is 0 Å². The number of nitrogens with zero attached hydrogens (tertiary/aromatic N) is 2. The van der Waals surface area contributed by atoms with Crippen molar-refractivity contribution in [3.05, 3.63) is 34.6 Å². The van der Waals surface area contributed by atoms with Crippen LogP contribution < -0.4 is 9.47 Å². The van der Waals surface area contributed by atoms with Gasteiger partial charge in [0.25, 0.3) is 0 Å². The minimum Gasteiger partial charge on any atom is -0.494 e. The molecule has 0 aliphatic carbocycles. The minimum absolute atomic E-state index is 0.166. The van der Waals surface area contributed by atoms with Crippen LogP contribution in [0.3, 0.4) is 0 Å². The third kappa shape index (κ3) is 5.35. The van der Waals surface area contributed by atoms with Crippen LogP contribution in [0.15, 0.2) is 18.2 Å². The van der Waals surface area contributed by atoms with E-state index in [0.717, 1.165) is 60.5 Å². The molecule has 1 aromatic carbocycles. The summed E-state index contributed by atoms with van der Waals surface area (Å²) in [5.74, 6) is 1.44. The van der Waals surface area contributed by atoms with Gasteiger partial charge in [-0.3, -0.25) is 0 Å². The Labute approximate surface area is 168 Å². The molecule has 0 amide bonds. The summed E-state index contributed by atoms with van der Waals surface area (Å²) in [4.78, 5) is 9.71. The van der Waals surface area contributed by atoms with E-state index in [2.05, 4.69) is 34.6 Å². The van der Waals surface area contributed by atoms with Gasteiger partial charge >= 0.3 is 0 Å². The number of benzene rings is 1. The highest BCUT2D eigenvalue weighted by molar-refractivity contribution is 6.33. The van der Waals surface area contributed by atoms with Crippen molar-refractivity contribution < 1.29 is 9.47 Å². The molecule has 0 saturated heterocycles. The molecule has 0 spiro atoms. The average Bonchev–Trinajstić information content (AvgIpc) is 2.70. The number of halogens is 1. The van der Waals surface area contributed by atoms with E-state index in [1.54, 1.807) is 0 Å². The highest BCUT2D eigenvalue weighted by Gasteiger charge is 2.18. The molecule has 0 fully saturated rings. The van der Waals surface area contributed by atoms with Gasteiger partial charge in [0.15, 0.2) is 0 Å². The molecule has 1 heterocycles. The second kappa shape index (κ2) is 10.5. The Morgan fingerprint density at radius 3 is 2.22 bits per heavy atom. The molecular formula is C22H31ClN2O2. The summed E-state index contributed by atoms with van der Waals surface area (Å²) in [6.45, 7) is 11.2. The van der Waals surface area contributed by atoms with E-state index in [0.29, 0.717) is 17.5 Å². The van der Waals surface area contributed by atoms with E-state index in [-0.39, 0.29) is 6.10 Å². The van der Waals surface area contributed by atoms with Gasteiger partial charge in [0.05, 0.1) is 29.1 Å². The topological polar surface area (TPSA) is 44.2 Å². The maximum absolute atomic E-state index is 6.56. The lowest BCUT2D eigenvalue weighted by atomic mass is 10.1. The fraction of sp³-hybridized carbons (Fsp3) is 0.545. The first-order chi connectivity index (χ1) is 13.1. The number of rotatable bonds is 10. The average molecular weight is 391 g/mol. The lowest BCUT2D eigenvalue weighted by Crippen LogP contribution is -2.17. The maximum atomic E-state index is 6.56. The summed E-state index contributed by atoms with van der Waals surface area (Å²) in [6.07, 6.45) is 4.55. The molecule has 148 valence electrons. The number of aryl methyl sites for hydroxylation is 2. The SMILES string of the molecule is CCCOc1ccc(-c2nc(CC)c(OC(CC)CC)nc2CC)c(Cl)c1. The van der Waals surface area contributed by atoms with Crippen LogP contribution in [0.25, 0.3) is 11.3 Å². The molecule has 27 heavy (non-hydrogen) atoms. The van der Waals surface area contributed by atoms with Gasteiger partial charge in [-0.2, -0.15) is 0 Å². The van der Waals surface area contributed by atoms with E-state index in [1.165, 1.54) is 0 Å². The van der Waals surface area contributed by atoms with Gasteiger partial charge in [0, 0.05) is 5.56 Å². The second-order valence-corrected chi connectivity index (χ2v) is 6.93. The Morgan fingerprint density at radius 2 is 1.67 bits per heavy atom. The number of hydrogen-bond acceptors (Lipinski definition) is 4. The summed E-state index contributed by atoms with van der Waals surface area (Å²) in [6, 6.07) is 5.77. The molecule has 4 nitrogen and oxygen atoms in total. The molecule has 0 bridgehead atoms. The summed E-state index contributed by atoms with van der Waals surface area (Å²) >= 11 is 6.56. The lowest BCUT2D eigenvalue weighted by Gasteiger charge is -2.19. The first-order valence-corrected chi connectivity index (χ1v) is 10.4. The second-order valence-electron chi connectivity index (χ2n) is 6.52.